The molecule has 1 aliphatic carbocycles. The predicted molar refractivity (Wildman–Crippen MR) is 65.7 cm³/mol. The fraction of sp³-hybridized carbons (Fsp3) is 0.636. The lowest BCUT2D eigenvalue weighted by atomic mass is 9.83. The van der Waals surface area contributed by atoms with Crippen molar-refractivity contribution in [2.24, 2.45) is 5.92 Å². The van der Waals surface area contributed by atoms with Gasteiger partial charge in [0.2, 0.25) is 5.82 Å². The van der Waals surface area contributed by atoms with Crippen molar-refractivity contribution in [3.63, 3.8) is 0 Å². The van der Waals surface area contributed by atoms with Gasteiger partial charge in [-0.05, 0) is 12.3 Å². The van der Waals surface area contributed by atoms with Gasteiger partial charge in [-0.1, -0.05) is 19.3 Å². The number of rotatable bonds is 6. The average molecular weight is 252 g/mol. The van der Waals surface area contributed by atoms with Gasteiger partial charge in [0.25, 0.3) is 5.88 Å². The van der Waals surface area contributed by atoms with Crippen LogP contribution in [0.15, 0.2) is 6.33 Å². The summed E-state index contributed by atoms with van der Waals surface area (Å²) in [6.45, 7) is 0.464. The van der Waals surface area contributed by atoms with Crippen molar-refractivity contribution in [2.45, 2.75) is 25.7 Å². The molecule has 0 bridgehead atoms. The van der Waals surface area contributed by atoms with E-state index in [4.69, 9.17) is 4.74 Å². The number of aromatic nitrogens is 2. The lowest BCUT2D eigenvalue weighted by molar-refractivity contribution is -0.385. The second-order valence-electron chi connectivity index (χ2n) is 4.32. The molecule has 1 N–H and O–H groups in total. The summed E-state index contributed by atoms with van der Waals surface area (Å²) in [5.74, 6) is 0.919. The molecule has 0 atom stereocenters. The van der Waals surface area contributed by atoms with E-state index in [-0.39, 0.29) is 17.4 Å². The maximum Gasteiger partial charge on any atom is 0.372 e. The van der Waals surface area contributed by atoms with Crippen molar-refractivity contribution in [2.75, 3.05) is 19.0 Å². The quantitative estimate of drug-likeness (QED) is 0.615. The van der Waals surface area contributed by atoms with Gasteiger partial charge in [0, 0.05) is 7.05 Å². The number of hydrogen-bond acceptors (Lipinski definition) is 6. The Labute approximate surface area is 105 Å². The van der Waals surface area contributed by atoms with Gasteiger partial charge in [0.15, 0.2) is 0 Å². The molecule has 1 aliphatic rings. The zero-order valence-corrected chi connectivity index (χ0v) is 10.3. The topological polar surface area (TPSA) is 90.2 Å². The minimum Gasteiger partial charge on any atom is -0.473 e. The Balaban J connectivity index is 2.03. The van der Waals surface area contributed by atoms with E-state index in [1.54, 1.807) is 7.05 Å². The summed E-state index contributed by atoms with van der Waals surface area (Å²) in [4.78, 5) is 18.1. The van der Waals surface area contributed by atoms with Crippen LogP contribution in [0.25, 0.3) is 0 Å². The molecule has 1 fully saturated rings. The zero-order valence-electron chi connectivity index (χ0n) is 10.3. The standard InChI is InChI=1S/C11H16N4O3/c1-12-10-9(15(16)17)11(14-7-13-10)18-6-5-8-3-2-4-8/h7-8H,2-6H2,1H3,(H,12,13,14). The lowest BCUT2D eigenvalue weighted by Gasteiger charge is -2.24. The summed E-state index contributed by atoms with van der Waals surface area (Å²) in [6.07, 6.45) is 5.93. The van der Waals surface area contributed by atoms with Crippen molar-refractivity contribution in [1.29, 1.82) is 0 Å². The van der Waals surface area contributed by atoms with E-state index in [0.717, 1.165) is 6.42 Å². The Bertz CT molecular complexity index is 434. The smallest absolute Gasteiger partial charge is 0.372 e. The van der Waals surface area contributed by atoms with Crippen LogP contribution in [0.3, 0.4) is 0 Å². The highest BCUT2D eigenvalue weighted by Gasteiger charge is 2.24. The van der Waals surface area contributed by atoms with Gasteiger partial charge in [-0.3, -0.25) is 10.1 Å². The highest BCUT2D eigenvalue weighted by molar-refractivity contribution is 5.60. The Morgan fingerprint density at radius 2 is 2.33 bits per heavy atom. The van der Waals surface area contributed by atoms with Crippen LogP contribution in [-0.2, 0) is 0 Å². The minimum atomic E-state index is -0.523. The van der Waals surface area contributed by atoms with Gasteiger partial charge in [0.1, 0.15) is 6.33 Å². The van der Waals surface area contributed by atoms with Crippen LogP contribution >= 0.6 is 0 Å². The normalized spacial score (nSPS) is 14.9. The molecule has 0 radical (unpaired) electrons. The maximum absolute atomic E-state index is 11.0. The average Bonchev–Trinajstić information content (AvgIpc) is 2.31. The molecule has 0 aliphatic heterocycles. The third-order valence-corrected chi connectivity index (χ3v) is 3.20. The summed E-state index contributed by atoms with van der Waals surface area (Å²) >= 11 is 0. The fourth-order valence-corrected chi connectivity index (χ4v) is 1.92. The Kier molecular flexibility index (Phi) is 3.91. The van der Waals surface area contributed by atoms with Gasteiger partial charge in [-0.15, -0.1) is 0 Å². The Hall–Kier alpha value is -1.92. The van der Waals surface area contributed by atoms with Gasteiger partial charge in [-0.25, -0.2) is 4.98 Å². The van der Waals surface area contributed by atoms with Gasteiger partial charge < -0.3 is 10.1 Å². The molecule has 18 heavy (non-hydrogen) atoms. The van der Waals surface area contributed by atoms with Crippen LogP contribution in [0.1, 0.15) is 25.7 Å². The second kappa shape index (κ2) is 5.61. The number of nitrogens with one attached hydrogen (secondary N) is 1. The molecular weight excluding hydrogens is 236 g/mol. The van der Waals surface area contributed by atoms with E-state index < -0.39 is 4.92 Å². The molecule has 0 saturated heterocycles. The molecule has 98 valence electrons. The van der Waals surface area contributed by atoms with Gasteiger partial charge in [-0.2, -0.15) is 4.98 Å². The maximum atomic E-state index is 11.0. The van der Waals surface area contributed by atoms with E-state index in [1.165, 1.54) is 25.6 Å². The summed E-state index contributed by atoms with van der Waals surface area (Å²) in [5, 5.41) is 13.6. The monoisotopic (exact) mass is 252 g/mol. The molecular formula is C11H16N4O3. The molecule has 1 saturated carbocycles. The van der Waals surface area contributed by atoms with Crippen molar-refractivity contribution >= 4 is 11.5 Å². The molecule has 1 heterocycles. The number of ether oxygens (including phenoxy) is 1. The van der Waals surface area contributed by atoms with Crippen molar-refractivity contribution in [1.82, 2.24) is 9.97 Å². The van der Waals surface area contributed by atoms with Crippen LogP contribution in [0.5, 0.6) is 5.88 Å². The fourth-order valence-electron chi connectivity index (χ4n) is 1.92. The van der Waals surface area contributed by atoms with E-state index in [2.05, 4.69) is 15.3 Å². The van der Waals surface area contributed by atoms with Crippen molar-refractivity contribution in [3.05, 3.63) is 16.4 Å². The third-order valence-electron chi connectivity index (χ3n) is 3.20. The first kappa shape index (κ1) is 12.5. The van der Waals surface area contributed by atoms with Crippen molar-refractivity contribution in [3.8, 4) is 5.88 Å². The van der Waals surface area contributed by atoms with Crippen LogP contribution in [-0.4, -0.2) is 28.5 Å². The predicted octanol–water partition coefficient (Wildman–Crippen LogP) is 2.00. The number of hydrogen-bond donors (Lipinski definition) is 1. The molecule has 7 heteroatoms. The number of nitro groups is 1. The molecule has 0 aromatic carbocycles. The SMILES string of the molecule is CNc1ncnc(OCCC2CCC2)c1[N+](=O)[O-]. The third kappa shape index (κ3) is 2.66. The molecule has 0 amide bonds. The lowest BCUT2D eigenvalue weighted by Crippen LogP contribution is -2.15. The van der Waals surface area contributed by atoms with Gasteiger partial charge >= 0.3 is 5.69 Å². The van der Waals surface area contributed by atoms with Gasteiger partial charge in [0.05, 0.1) is 11.5 Å². The molecule has 0 unspecified atom stereocenters. The summed E-state index contributed by atoms with van der Waals surface area (Å²) in [6, 6.07) is 0. The number of anilines is 1. The minimum absolute atomic E-state index is 0.0404. The number of nitrogens with zero attached hydrogens (tertiary/aromatic N) is 3. The molecule has 1 aromatic heterocycles. The molecule has 0 spiro atoms. The van der Waals surface area contributed by atoms with E-state index in [1.807, 2.05) is 0 Å². The van der Waals surface area contributed by atoms with Crippen LogP contribution in [0.4, 0.5) is 11.5 Å². The largest absolute Gasteiger partial charge is 0.473 e. The van der Waals surface area contributed by atoms with Crippen LogP contribution in [0, 0.1) is 16.0 Å². The van der Waals surface area contributed by atoms with E-state index in [0.29, 0.717) is 12.5 Å². The Morgan fingerprint density at radius 3 is 2.89 bits per heavy atom. The first-order chi connectivity index (χ1) is 8.72. The highest BCUT2D eigenvalue weighted by atomic mass is 16.6. The molecule has 1 aromatic rings. The summed E-state index contributed by atoms with van der Waals surface area (Å²) in [7, 11) is 1.58. The zero-order chi connectivity index (χ0) is 13.0. The van der Waals surface area contributed by atoms with E-state index in [9.17, 15) is 10.1 Å². The summed E-state index contributed by atoms with van der Waals surface area (Å²) < 4.78 is 5.41. The second-order valence-corrected chi connectivity index (χ2v) is 4.32. The molecule has 2 rings (SSSR count). The van der Waals surface area contributed by atoms with Crippen LogP contribution < -0.4 is 10.1 Å². The first-order valence-corrected chi connectivity index (χ1v) is 6.02. The highest BCUT2D eigenvalue weighted by Crippen LogP contribution is 2.32. The first-order valence-electron chi connectivity index (χ1n) is 6.02. The Morgan fingerprint density at radius 1 is 1.56 bits per heavy atom. The van der Waals surface area contributed by atoms with Crippen molar-refractivity contribution < 1.29 is 9.66 Å². The molecule has 7 nitrogen and oxygen atoms in total. The van der Waals surface area contributed by atoms with Crippen LogP contribution in [0.2, 0.25) is 0 Å². The summed E-state index contributed by atoms with van der Waals surface area (Å²) in [5.41, 5.74) is -0.200. The van der Waals surface area contributed by atoms with E-state index >= 15 is 0 Å².